The quantitative estimate of drug-likeness (QED) is 0.500. The highest BCUT2D eigenvalue weighted by Crippen LogP contribution is 2.35. The Labute approximate surface area is 118 Å². The fourth-order valence-corrected chi connectivity index (χ4v) is 3.29. The van der Waals surface area contributed by atoms with Gasteiger partial charge in [-0.25, -0.2) is 4.79 Å². The van der Waals surface area contributed by atoms with E-state index in [9.17, 15) is 24.9 Å². The Morgan fingerprint density at radius 3 is 2.35 bits per heavy atom. The lowest BCUT2D eigenvalue weighted by Crippen LogP contribution is -2.66. The molecule has 0 bridgehead atoms. The van der Waals surface area contributed by atoms with Crippen LogP contribution in [0, 0.1) is 5.92 Å². The maximum Gasteiger partial charge on any atom is 0.342 e. The number of nitrogens with zero attached hydrogens (tertiary/aromatic N) is 1. The van der Waals surface area contributed by atoms with E-state index in [1.807, 2.05) is 12.2 Å². The van der Waals surface area contributed by atoms with Crippen molar-refractivity contribution in [2.75, 3.05) is 21.1 Å². The second-order valence-electron chi connectivity index (χ2n) is 6.38. The zero-order chi connectivity index (χ0) is 15.6. The van der Waals surface area contributed by atoms with Crippen LogP contribution in [0.5, 0.6) is 0 Å². The van der Waals surface area contributed by atoms with E-state index >= 15 is 0 Å². The zero-order valence-corrected chi connectivity index (χ0v) is 12.2. The zero-order valence-electron chi connectivity index (χ0n) is 12.2. The van der Waals surface area contributed by atoms with E-state index in [4.69, 9.17) is 0 Å². The molecule has 0 saturated heterocycles. The third kappa shape index (κ3) is 3.58. The fourth-order valence-electron chi connectivity index (χ4n) is 3.29. The molecule has 0 aliphatic heterocycles. The number of quaternary nitrogens is 1. The molecule has 6 heteroatoms. The van der Waals surface area contributed by atoms with Crippen molar-refractivity contribution in [1.29, 1.82) is 0 Å². The number of allylic oxidation sites excluding steroid dienone is 2. The van der Waals surface area contributed by atoms with Crippen LogP contribution in [0.4, 0.5) is 0 Å². The van der Waals surface area contributed by atoms with Crippen LogP contribution in [0.2, 0.25) is 0 Å². The number of carboxylic acid groups (broad SMARTS) is 2. The lowest BCUT2D eigenvalue weighted by molar-refractivity contribution is -0.906. The minimum atomic E-state index is -2.33. The van der Waals surface area contributed by atoms with E-state index in [0.717, 1.165) is 12.8 Å². The van der Waals surface area contributed by atoms with Gasteiger partial charge in [0.25, 0.3) is 0 Å². The molecular weight excluding hydrogens is 262 g/mol. The number of hydrogen-bond acceptors (Lipinski definition) is 4. The summed E-state index contributed by atoms with van der Waals surface area (Å²) in [4.78, 5) is 22.4. The lowest BCUT2D eigenvalue weighted by Gasteiger charge is -2.46. The first-order chi connectivity index (χ1) is 9.09. The second kappa shape index (κ2) is 5.93. The van der Waals surface area contributed by atoms with E-state index in [1.165, 1.54) is 0 Å². The van der Waals surface area contributed by atoms with Gasteiger partial charge < -0.3 is 24.6 Å². The van der Waals surface area contributed by atoms with Gasteiger partial charge in [0, 0.05) is 18.3 Å². The average Bonchev–Trinajstić information content (AvgIpc) is 2.27. The molecule has 0 fully saturated rings. The van der Waals surface area contributed by atoms with Crippen molar-refractivity contribution in [2.24, 2.45) is 5.92 Å². The van der Waals surface area contributed by atoms with Crippen molar-refractivity contribution in [3.05, 3.63) is 12.2 Å². The summed E-state index contributed by atoms with van der Waals surface area (Å²) in [7, 11) is 5.31. The number of carboxylic acids is 2. The second-order valence-corrected chi connectivity index (χ2v) is 6.38. The summed E-state index contributed by atoms with van der Waals surface area (Å²) in [6.07, 6.45) is 5.26. The highest BCUT2D eigenvalue weighted by molar-refractivity contribution is 5.83. The van der Waals surface area contributed by atoms with E-state index in [0.29, 0.717) is 6.42 Å². The lowest BCUT2D eigenvalue weighted by atomic mass is 9.75. The topological polar surface area (TPSA) is 97.7 Å². The van der Waals surface area contributed by atoms with Crippen molar-refractivity contribution in [1.82, 2.24) is 0 Å². The van der Waals surface area contributed by atoms with E-state index in [-0.39, 0.29) is 10.4 Å². The molecule has 6 nitrogen and oxygen atoms in total. The number of carbonyl (C=O) groups is 2. The molecule has 0 heterocycles. The van der Waals surface area contributed by atoms with Crippen molar-refractivity contribution >= 4 is 11.9 Å². The van der Waals surface area contributed by atoms with Gasteiger partial charge in [0.15, 0.2) is 0 Å². The Morgan fingerprint density at radius 2 is 2.00 bits per heavy atom. The van der Waals surface area contributed by atoms with Crippen LogP contribution in [0.3, 0.4) is 0 Å². The van der Waals surface area contributed by atoms with Crippen LogP contribution in [0.1, 0.15) is 25.7 Å². The Morgan fingerprint density at radius 1 is 1.40 bits per heavy atom. The molecule has 2 N–H and O–H groups in total. The van der Waals surface area contributed by atoms with Crippen LogP contribution in [0.15, 0.2) is 12.2 Å². The molecule has 0 aromatic rings. The number of aliphatic carboxylic acids is 2. The minimum absolute atomic E-state index is 0.0829. The smallest absolute Gasteiger partial charge is 0.342 e. The molecular formula is C14H23NO5. The molecule has 0 spiro atoms. The van der Waals surface area contributed by atoms with Crippen molar-refractivity contribution < 1.29 is 29.4 Å². The van der Waals surface area contributed by atoms with Crippen LogP contribution < -0.4 is 5.11 Å². The number of carbonyl (C=O) groups excluding carboxylic acids is 1. The molecule has 1 rings (SSSR count). The third-order valence-corrected chi connectivity index (χ3v) is 3.86. The van der Waals surface area contributed by atoms with Crippen molar-refractivity contribution in [3.63, 3.8) is 0 Å². The Bertz CT molecular complexity index is 412. The maximum absolute atomic E-state index is 11.5. The molecule has 0 aromatic heterocycles. The average molecular weight is 285 g/mol. The number of rotatable bonds is 6. The molecule has 114 valence electrons. The van der Waals surface area contributed by atoms with Gasteiger partial charge in [-0.3, -0.25) is 0 Å². The first kappa shape index (κ1) is 16.7. The molecule has 0 amide bonds. The molecule has 20 heavy (non-hydrogen) atoms. The third-order valence-electron chi connectivity index (χ3n) is 3.86. The van der Waals surface area contributed by atoms with Gasteiger partial charge in [-0.15, -0.1) is 0 Å². The minimum Gasteiger partial charge on any atom is -0.550 e. The summed E-state index contributed by atoms with van der Waals surface area (Å²) < 4.78 is 0.175. The van der Waals surface area contributed by atoms with Gasteiger partial charge in [0.2, 0.25) is 5.60 Å². The number of likely N-dealkylation sites (N-methyl/N-ethyl adjacent to an activating group) is 1. The molecule has 0 aromatic carbocycles. The maximum atomic E-state index is 11.5. The molecule has 1 aliphatic carbocycles. The number of hydrogen-bond donors (Lipinski definition) is 2. The summed E-state index contributed by atoms with van der Waals surface area (Å²) in [6.45, 7) is 0. The summed E-state index contributed by atoms with van der Waals surface area (Å²) in [6, 6.07) is -0.720. The first-order valence-electron chi connectivity index (χ1n) is 6.70. The Balaban J connectivity index is 3.21. The van der Waals surface area contributed by atoms with E-state index in [2.05, 4.69) is 0 Å². The number of aliphatic hydroxyl groups is 1. The standard InChI is InChI=1S/C14H23NO5/c1-15(2,3)12(10-7-5-4-6-8-10)14(20,13(18)19)9-11(16)17/h4-5,10,12,20H,6-9H2,1-3H3,(H-,16,17,18,19). The van der Waals surface area contributed by atoms with Gasteiger partial charge in [0.1, 0.15) is 6.04 Å². The van der Waals surface area contributed by atoms with E-state index in [1.54, 1.807) is 21.1 Å². The molecule has 3 unspecified atom stereocenters. The molecule has 0 saturated carbocycles. The fraction of sp³-hybridized carbons (Fsp3) is 0.714. The monoisotopic (exact) mass is 285 g/mol. The highest BCUT2D eigenvalue weighted by atomic mass is 16.4. The normalized spacial score (nSPS) is 23.9. The Kier molecular flexibility index (Phi) is 4.94. The van der Waals surface area contributed by atoms with Gasteiger partial charge in [-0.2, -0.15) is 0 Å². The van der Waals surface area contributed by atoms with Crippen molar-refractivity contribution in [3.8, 4) is 0 Å². The largest absolute Gasteiger partial charge is 0.550 e. The summed E-state index contributed by atoms with van der Waals surface area (Å²) in [5, 5.41) is 30.8. The first-order valence-corrected chi connectivity index (χ1v) is 6.70. The Hall–Kier alpha value is -1.40. The van der Waals surface area contributed by atoms with Crippen LogP contribution in [-0.2, 0) is 9.59 Å². The summed E-state index contributed by atoms with van der Waals surface area (Å²) in [5.74, 6) is -3.14. The van der Waals surface area contributed by atoms with Crippen LogP contribution >= 0.6 is 0 Å². The predicted molar refractivity (Wildman–Crippen MR) is 70.5 cm³/mol. The van der Waals surface area contributed by atoms with Gasteiger partial charge >= 0.3 is 5.97 Å². The van der Waals surface area contributed by atoms with Gasteiger partial charge in [-0.05, 0) is 19.3 Å². The predicted octanol–water partition coefficient (Wildman–Crippen LogP) is -0.627. The van der Waals surface area contributed by atoms with Crippen LogP contribution in [-0.4, -0.2) is 59.4 Å². The SMILES string of the molecule is C[N+](C)(C)C(C1CC=CCC1)C(O)(CC(=O)[O-])C(=O)O. The molecule has 0 radical (unpaired) electrons. The van der Waals surface area contributed by atoms with Crippen LogP contribution in [0.25, 0.3) is 0 Å². The van der Waals surface area contributed by atoms with Gasteiger partial charge in [-0.1, -0.05) is 12.2 Å². The summed E-state index contributed by atoms with van der Waals surface area (Å²) >= 11 is 0. The molecule has 3 atom stereocenters. The van der Waals surface area contributed by atoms with Gasteiger partial charge in [0.05, 0.1) is 21.1 Å². The summed E-state index contributed by atoms with van der Waals surface area (Å²) in [5.41, 5.74) is -2.33. The van der Waals surface area contributed by atoms with E-state index < -0.39 is 30.0 Å². The molecule has 1 aliphatic rings. The highest BCUT2D eigenvalue weighted by Gasteiger charge is 2.54. The van der Waals surface area contributed by atoms with Crippen molar-refractivity contribution in [2.45, 2.75) is 37.3 Å².